The van der Waals surface area contributed by atoms with Gasteiger partial charge in [0.05, 0.1) is 11.7 Å². The van der Waals surface area contributed by atoms with Crippen LogP contribution in [-0.4, -0.2) is 5.11 Å². The highest BCUT2D eigenvalue weighted by atomic mass is 19.4. The van der Waals surface area contributed by atoms with E-state index in [0.29, 0.717) is 0 Å². The fourth-order valence-corrected chi connectivity index (χ4v) is 2.18. The van der Waals surface area contributed by atoms with Crippen molar-refractivity contribution in [3.05, 3.63) is 59.2 Å². The van der Waals surface area contributed by atoms with Gasteiger partial charge in [0.25, 0.3) is 0 Å². The summed E-state index contributed by atoms with van der Waals surface area (Å²) in [5, 5.41) is 9.57. The highest BCUT2D eigenvalue weighted by molar-refractivity contribution is 5.65. The lowest BCUT2D eigenvalue weighted by Crippen LogP contribution is -2.04. The van der Waals surface area contributed by atoms with E-state index < -0.39 is 17.8 Å². The largest absolute Gasteiger partial charge is 0.416 e. The van der Waals surface area contributed by atoms with Gasteiger partial charge in [-0.15, -0.1) is 0 Å². The molecule has 20 heavy (non-hydrogen) atoms. The summed E-state index contributed by atoms with van der Waals surface area (Å²) in [7, 11) is 0. The van der Waals surface area contributed by atoms with E-state index in [1.807, 2.05) is 13.0 Å². The fourth-order valence-electron chi connectivity index (χ4n) is 2.18. The van der Waals surface area contributed by atoms with Crippen LogP contribution in [0.1, 0.15) is 29.7 Å². The van der Waals surface area contributed by atoms with Crippen molar-refractivity contribution >= 4 is 0 Å². The molecule has 0 fully saturated rings. The van der Waals surface area contributed by atoms with E-state index in [0.717, 1.165) is 34.4 Å². The SMILES string of the molecule is Cc1cc(-c2ccc(C(F)(F)F)cc2)ccc1C(C)O. The van der Waals surface area contributed by atoms with Gasteiger partial charge in [-0.1, -0.05) is 30.3 Å². The molecule has 0 aromatic heterocycles. The highest BCUT2D eigenvalue weighted by Crippen LogP contribution is 2.31. The maximum atomic E-state index is 12.5. The van der Waals surface area contributed by atoms with Gasteiger partial charge in [0.2, 0.25) is 0 Å². The molecule has 0 bridgehead atoms. The van der Waals surface area contributed by atoms with Crippen LogP contribution in [0.2, 0.25) is 0 Å². The van der Waals surface area contributed by atoms with Gasteiger partial charge in [-0.05, 0) is 48.2 Å². The Labute approximate surface area is 115 Å². The molecule has 0 saturated carbocycles. The zero-order chi connectivity index (χ0) is 14.9. The van der Waals surface area contributed by atoms with Crippen molar-refractivity contribution in [1.29, 1.82) is 0 Å². The second-order valence-electron chi connectivity index (χ2n) is 4.82. The van der Waals surface area contributed by atoms with Gasteiger partial charge in [-0.3, -0.25) is 0 Å². The number of halogens is 3. The van der Waals surface area contributed by atoms with Gasteiger partial charge in [-0.2, -0.15) is 13.2 Å². The lowest BCUT2D eigenvalue weighted by atomic mass is 9.97. The van der Waals surface area contributed by atoms with Gasteiger partial charge in [0.15, 0.2) is 0 Å². The Balaban J connectivity index is 2.35. The minimum atomic E-state index is -4.31. The van der Waals surface area contributed by atoms with Crippen molar-refractivity contribution < 1.29 is 18.3 Å². The molecule has 0 amide bonds. The molecule has 0 aliphatic heterocycles. The number of hydrogen-bond donors (Lipinski definition) is 1. The lowest BCUT2D eigenvalue weighted by molar-refractivity contribution is -0.137. The van der Waals surface area contributed by atoms with Crippen molar-refractivity contribution in [1.82, 2.24) is 0 Å². The maximum Gasteiger partial charge on any atom is 0.416 e. The van der Waals surface area contributed by atoms with Crippen LogP contribution in [0.4, 0.5) is 13.2 Å². The number of alkyl halides is 3. The van der Waals surface area contributed by atoms with Crippen molar-refractivity contribution in [2.24, 2.45) is 0 Å². The Morgan fingerprint density at radius 1 is 0.950 bits per heavy atom. The first-order chi connectivity index (χ1) is 9.29. The zero-order valence-electron chi connectivity index (χ0n) is 11.2. The molecular formula is C16H15F3O. The van der Waals surface area contributed by atoms with E-state index in [4.69, 9.17) is 0 Å². The van der Waals surface area contributed by atoms with Gasteiger partial charge in [0, 0.05) is 0 Å². The second kappa shape index (κ2) is 5.29. The Hall–Kier alpha value is -1.81. The molecule has 0 aliphatic rings. The van der Waals surface area contributed by atoms with Crippen molar-refractivity contribution in [2.45, 2.75) is 26.1 Å². The summed E-state index contributed by atoms with van der Waals surface area (Å²) >= 11 is 0. The van der Waals surface area contributed by atoms with Crippen LogP contribution in [0.3, 0.4) is 0 Å². The standard InChI is InChI=1S/C16H15F3O/c1-10-9-13(5-8-15(10)11(2)20)12-3-6-14(7-4-12)16(17,18)19/h3-9,11,20H,1-2H3. The molecule has 0 saturated heterocycles. The molecule has 0 aliphatic carbocycles. The number of benzene rings is 2. The fraction of sp³-hybridized carbons (Fsp3) is 0.250. The molecule has 1 atom stereocenters. The molecule has 2 rings (SSSR count). The third-order valence-electron chi connectivity index (χ3n) is 3.27. The molecule has 106 valence electrons. The summed E-state index contributed by atoms with van der Waals surface area (Å²) in [6, 6.07) is 10.5. The molecule has 0 radical (unpaired) electrons. The Kier molecular flexibility index (Phi) is 3.86. The number of aliphatic hydroxyl groups excluding tert-OH is 1. The van der Waals surface area contributed by atoms with Crippen molar-refractivity contribution in [3.8, 4) is 11.1 Å². The third kappa shape index (κ3) is 3.02. The first kappa shape index (κ1) is 14.6. The molecule has 4 heteroatoms. The van der Waals surface area contributed by atoms with Crippen LogP contribution >= 0.6 is 0 Å². The number of rotatable bonds is 2. The van der Waals surface area contributed by atoms with E-state index in [-0.39, 0.29) is 0 Å². The summed E-state index contributed by atoms with van der Waals surface area (Å²) in [6.45, 7) is 3.55. The molecular weight excluding hydrogens is 265 g/mol. The minimum absolute atomic E-state index is 0.559. The summed E-state index contributed by atoms with van der Waals surface area (Å²) in [6.07, 6.45) is -4.87. The third-order valence-corrected chi connectivity index (χ3v) is 3.27. The first-order valence-electron chi connectivity index (χ1n) is 6.25. The van der Waals surface area contributed by atoms with E-state index in [9.17, 15) is 18.3 Å². The quantitative estimate of drug-likeness (QED) is 0.842. The van der Waals surface area contributed by atoms with Crippen molar-refractivity contribution in [3.63, 3.8) is 0 Å². The normalized spacial score (nSPS) is 13.3. The van der Waals surface area contributed by atoms with Gasteiger partial charge in [-0.25, -0.2) is 0 Å². The summed E-state index contributed by atoms with van der Waals surface area (Å²) in [5.41, 5.74) is 2.63. The minimum Gasteiger partial charge on any atom is -0.389 e. The topological polar surface area (TPSA) is 20.2 Å². The predicted molar refractivity (Wildman–Crippen MR) is 72.3 cm³/mol. The highest BCUT2D eigenvalue weighted by Gasteiger charge is 2.29. The Morgan fingerprint density at radius 2 is 1.50 bits per heavy atom. The summed E-state index contributed by atoms with van der Waals surface area (Å²) in [4.78, 5) is 0. The maximum absolute atomic E-state index is 12.5. The predicted octanol–water partition coefficient (Wildman–Crippen LogP) is 4.73. The molecule has 1 N–H and O–H groups in total. The number of hydrogen-bond acceptors (Lipinski definition) is 1. The van der Waals surface area contributed by atoms with Crippen LogP contribution in [0.15, 0.2) is 42.5 Å². The van der Waals surface area contributed by atoms with Crippen LogP contribution in [0, 0.1) is 6.92 Å². The molecule has 1 nitrogen and oxygen atoms in total. The first-order valence-corrected chi connectivity index (χ1v) is 6.25. The van der Waals surface area contributed by atoms with Crippen LogP contribution in [0.25, 0.3) is 11.1 Å². The van der Waals surface area contributed by atoms with Gasteiger partial charge in [0.1, 0.15) is 0 Å². The monoisotopic (exact) mass is 280 g/mol. The Bertz CT molecular complexity index is 598. The van der Waals surface area contributed by atoms with E-state index in [1.54, 1.807) is 19.1 Å². The number of aliphatic hydroxyl groups is 1. The molecule has 2 aromatic carbocycles. The van der Waals surface area contributed by atoms with Gasteiger partial charge < -0.3 is 5.11 Å². The molecule has 2 aromatic rings. The second-order valence-corrected chi connectivity index (χ2v) is 4.82. The van der Waals surface area contributed by atoms with E-state index in [1.165, 1.54) is 12.1 Å². The van der Waals surface area contributed by atoms with Crippen LogP contribution in [0.5, 0.6) is 0 Å². The van der Waals surface area contributed by atoms with Gasteiger partial charge >= 0.3 is 6.18 Å². The summed E-state index contributed by atoms with van der Waals surface area (Å²) in [5.74, 6) is 0. The average Bonchev–Trinajstić information content (AvgIpc) is 2.37. The molecule has 0 spiro atoms. The van der Waals surface area contributed by atoms with Crippen LogP contribution in [-0.2, 0) is 6.18 Å². The molecule has 1 unspecified atom stereocenters. The van der Waals surface area contributed by atoms with E-state index >= 15 is 0 Å². The van der Waals surface area contributed by atoms with Crippen molar-refractivity contribution in [2.75, 3.05) is 0 Å². The number of aryl methyl sites for hydroxylation is 1. The smallest absolute Gasteiger partial charge is 0.389 e. The lowest BCUT2D eigenvalue weighted by Gasteiger charge is -2.12. The Morgan fingerprint density at radius 3 is 1.95 bits per heavy atom. The van der Waals surface area contributed by atoms with Crippen LogP contribution < -0.4 is 0 Å². The zero-order valence-corrected chi connectivity index (χ0v) is 11.2. The summed E-state index contributed by atoms with van der Waals surface area (Å²) < 4.78 is 37.5. The average molecular weight is 280 g/mol. The van der Waals surface area contributed by atoms with E-state index in [2.05, 4.69) is 0 Å². The molecule has 0 heterocycles.